The van der Waals surface area contributed by atoms with Crippen molar-refractivity contribution in [3.8, 4) is 0 Å². The number of aromatic nitrogens is 3. The highest BCUT2D eigenvalue weighted by atomic mass is 32.2. The van der Waals surface area contributed by atoms with E-state index < -0.39 is 10.0 Å². The van der Waals surface area contributed by atoms with Gasteiger partial charge in [0, 0.05) is 24.0 Å². The van der Waals surface area contributed by atoms with E-state index in [1.165, 1.54) is 35.6 Å². The molecule has 1 amide bonds. The molecule has 0 atom stereocenters. The molecule has 0 saturated carbocycles. The Morgan fingerprint density at radius 1 is 1.26 bits per heavy atom. The van der Waals surface area contributed by atoms with E-state index in [-0.39, 0.29) is 23.9 Å². The molecule has 0 aliphatic heterocycles. The summed E-state index contributed by atoms with van der Waals surface area (Å²) in [5, 5.41) is 11.3. The molecule has 1 aromatic carbocycles. The third kappa shape index (κ3) is 4.69. The lowest BCUT2D eigenvalue weighted by Gasteiger charge is -2.08. The molecule has 2 aromatic heterocycles. The number of carbonyl (C=O) groups is 1. The molecule has 3 aromatic rings. The Kier molecular flexibility index (Phi) is 5.85. The zero-order valence-electron chi connectivity index (χ0n) is 14.3. The van der Waals surface area contributed by atoms with Crippen LogP contribution >= 0.6 is 23.6 Å². The number of thiophene rings is 1. The second-order valence-electron chi connectivity index (χ2n) is 5.61. The summed E-state index contributed by atoms with van der Waals surface area (Å²) in [5.74, 6) is 0.254. The summed E-state index contributed by atoms with van der Waals surface area (Å²) in [7, 11) is -1.89. The maximum atomic E-state index is 12.3. The van der Waals surface area contributed by atoms with Gasteiger partial charge in [0.1, 0.15) is 0 Å². The molecule has 0 radical (unpaired) electrons. The summed E-state index contributed by atoms with van der Waals surface area (Å²) in [5.41, 5.74) is 0.351. The van der Waals surface area contributed by atoms with Gasteiger partial charge in [-0.1, -0.05) is 6.07 Å². The van der Waals surface area contributed by atoms with Crippen molar-refractivity contribution >= 4 is 39.5 Å². The third-order valence-electron chi connectivity index (χ3n) is 3.82. The normalized spacial score (nSPS) is 11.4. The summed E-state index contributed by atoms with van der Waals surface area (Å²) in [4.78, 5) is 13.3. The Morgan fingerprint density at radius 3 is 2.59 bits per heavy atom. The second-order valence-corrected chi connectivity index (χ2v) is 8.80. The van der Waals surface area contributed by atoms with E-state index in [1.807, 2.05) is 17.5 Å². The molecular formula is C16H17N5O3S3. The van der Waals surface area contributed by atoms with Gasteiger partial charge in [-0.15, -0.1) is 11.3 Å². The highest BCUT2D eigenvalue weighted by Crippen LogP contribution is 2.13. The number of carbonyl (C=O) groups excluding carboxylic acids is 1. The van der Waals surface area contributed by atoms with Gasteiger partial charge in [0.2, 0.25) is 10.0 Å². The van der Waals surface area contributed by atoms with E-state index in [9.17, 15) is 13.2 Å². The van der Waals surface area contributed by atoms with Gasteiger partial charge in [0.25, 0.3) is 5.91 Å². The number of nitrogens with one attached hydrogen (secondary N) is 3. The number of aromatic amines is 1. The number of sulfonamides is 1. The Bertz CT molecular complexity index is 1080. The van der Waals surface area contributed by atoms with Gasteiger partial charge in [0.15, 0.2) is 10.6 Å². The van der Waals surface area contributed by atoms with Crippen LogP contribution in [-0.4, -0.2) is 29.1 Å². The van der Waals surface area contributed by atoms with Crippen molar-refractivity contribution < 1.29 is 13.2 Å². The molecule has 8 nitrogen and oxygen atoms in total. The number of hydrogen-bond donors (Lipinski definition) is 3. The third-order valence-corrected chi connectivity index (χ3v) is 6.48. The van der Waals surface area contributed by atoms with Crippen molar-refractivity contribution in [2.75, 3.05) is 0 Å². The average Bonchev–Trinajstić information content (AvgIpc) is 3.29. The molecule has 0 saturated heterocycles. The van der Waals surface area contributed by atoms with Crippen LogP contribution in [0.2, 0.25) is 0 Å². The minimum atomic E-state index is -3.64. The molecule has 0 spiro atoms. The van der Waals surface area contributed by atoms with Gasteiger partial charge in [-0.3, -0.25) is 9.89 Å². The number of H-pyrrole nitrogens is 1. The van der Waals surface area contributed by atoms with Crippen LogP contribution in [0.5, 0.6) is 0 Å². The first-order valence-corrected chi connectivity index (χ1v) is 10.6. The number of benzene rings is 1. The number of nitrogens with zero attached hydrogens (tertiary/aromatic N) is 2. The summed E-state index contributed by atoms with van der Waals surface area (Å²) in [6.07, 6.45) is 0. The van der Waals surface area contributed by atoms with E-state index in [2.05, 4.69) is 20.2 Å². The summed E-state index contributed by atoms with van der Waals surface area (Å²) in [6, 6.07) is 9.47. The Morgan fingerprint density at radius 2 is 2.00 bits per heavy atom. The van der Waals surface area contributed by atoms with E-state index in [0.29, 0.717) is 16.2 Å². The molecular weight excluding hydrogens is 406 g/mol. The maximum absolute atomic E-state index is 12.3. The molecule has 3 N–H and O–H groups in total. The lowest BCUT2D eigenvalue weighted by atomic mass is 10.2. The number of hydrogen-bond acceptors (Lipinski definition) is 6. The summed E-state index contributed by atoms with van der Waals surface area (Å²) >= 11 is 6.49. The fourth-order valence-corrected chi connectivity index (χ4v) is 4.14. The van der Waals surface area contributed by atoms with Gasteiger partial charge in [0.05, 0.1) is 11.4 Å². The predicted molar refractivity (Wildman–Crippen MR) is 104 cm³/mol. The van der Waals surface area contributed by atoms with Crippen LogP contribution in [0.25, 0.3) is 0 Å². The molecule has 11 heteroatoms. The fraction of sp³-hybridized carbons (Fsp3) is 0.188. The predicted octanol–water partition coefficient (Wildman–Crippen LogP) is 1.95. The van der Waals surface area contributed by atoms with Crippen LogP contribution in [0.15, 0.2) is 46.7 Å². The monoisotopic (exact) mass is 423 g/mol. The molecule has 2 heterocycles. The topological polar surface area (TPSA) is 109 Å². The Balaban J connectivity index is 1.62. The fourth-order valence-electron chi connectivity index (χ4n) is 2.25. The van der Waals surface area contributed by atoms with Crippen LogP contribution in [-0.2, 0) is 30.2 Å². The molecule has 0 bridgehead atoms. The number of amides is 1. The molecule has 0 fully saturated rings. The van der Waals surface area contributed by atoms with Crippen molar-refractivity contribution in [2.45, 2.75) is 18.0 Å². The van der Waals surface area contributed by atoms with Crippen LogP contribution in [0.4, 0.5) is 0 Å². The molecule has 0 aliphatic rings. The summed E-state index contributed by atoms with van der Waals surface area (Å²) in [6.45, 7) is 0.429. The zero-order chi connectivity index (χ0) is 19.4. The quantitative estimate of drug-likeness (QED) is 0.503. The van der Waals surface area contributed by atoms with Crippen molar-refractivity contribution in [1.82, 2.24) is 24.8 Å². The molecule has 142 valence electrons. The molecule has 27 heavy (non-hydrogen) atoms. The molecule has 0 aliphatic carbocycles. The lowest BCUT2D eigenvalue weighted by molar-refractivity contribution is 0.0949. The first-order valence-electron chi connectivity index (χ1n) is 7.87. The van der Waals surface area contributed by atoms with Gasteiger partial charge in [-0.05, 0) is 47.9 Å². The minimum Gasteiger partial charge on any atom is -0.345 e. The minimum absolute atomic E-state index is 0.102. The van der Waals surface area contributed by atoms with Gasteiger partial charge < -0.3 is 9.88 Å². The standard InChI is InChI=1S/C16H17N5O3S3/c1-21-14(19-20-16(21)25)10-17-15(22)11-4-6-13(7-5-11)27(23,24)18-9-12-3-2-8-26-12/h2-8,18H,9-10H2,1H3,(H,17,22)(H,20,25). The van der Waals surface area contributed by atoms with Crippen molar-refractivity contribution in [2.24, 2.45) is 7.05 Å². The van der Waals surface area contributed by atoms with Crippen LogP contribution in [0, 0.1) is 4.77 Å². The van der Waals surface area contributed by atoms with Gasteiger partial charge in [-0.2, -0.15) is 5.10 Å². The second kappa shape index (κ2) is 8.13. The lowest BCUT2D eigenvalue weighted by Crippen LogP contribution is -2.25. The van der Waals surface area contributed by atoms with E-state index in [4.69, 9.17) is 12.2 Å². The highest BCUT2D eigenvalue weighted by Gasteiger charge is 2.15. The van der Waals surface area contributed by atoms with Gasteiger partial charge in [-0.25, -0.2) is 13.1 Å². The number of rotatable bonds is 7. The average molecular weight is 424 g/mol. The smallest absolute Gasteiger partial charge is 0.251 e. The first-order chi connectivity index (χ1) is 12.9. The van der Waals surface area contributed by atoms with Crippen LogP contribution in [0.3, 0.4) is 0 Å². The summed E-state index contributed by atoms with van der Waals surface area (Å²) < 4.78 is 29.3. The maximum Gasteiger partial charge on any atom is 0.251 e. The first kappa shape index (κ1) is 19.4. The van der Waals surface area contributed by atoms with Crippen LogP contribution in [0.1, 0.15) is 21.1 Å². The SMILES string of the molecule is Cn1c(CNC(=O)c2ccc(S(=O)(=O)NCc3cccs3)cc2)n[nH]c1=S. The van der Waals surface area contributed by atoms with Crippen molar-refractivity contribution in [3.05, 3.63) is 62.8 Å². The zero-order valence-corrected chi connectivity index (χ0v) is 16.7. The molecule has 3 rings (SSSR count). The van der Waals surface area contributed by atoms with E-state index in [0.717, 1.165) is 4.88 Å². The largest absolute Gasteiger partial charge is 0.345 e. The Hall–Kier alpha value is -2.34. The highest BCUT2D eigenvalue weighted by molar-refractivity contribution is 7.89. The van der Waals surface area contributed by atoms with E-state index in [1.54, 1.807) is 11.6 Å². The van der Waals surface area contributed by atoms with E-state index >= 15 is 0 Å². The van der Waals surface area contributed by atoms with Crippen LogP contribution < -0.4 is 10.0 Å². The Labute approximate surface area is 165 Å². The van der Waals surface area contributed by atoms with Crippen molar-refractivity contribution in [1.29, 1.82) is 0 Å². The van der Waals surface area contributed by atoms with Crippen molar-refractivity contribution in [3.63, 3.8) is 0 Å². The van der Waals surface area contributed by atoms with Gasteiger partial charge >= 0.3 is 0 Å². The molecule has 0 unspecified atom stereocenters.